The van der Waals surface area contributed by atoms with Crippen LogP contribution in [0.5, 0.6) is 5.75 Å². The van der Waals surface area contributed by atoms with Gasteiger partial charge in [0.1, 0.15) is 17.0 Å². The van der Waals surface area contributed by atoms with Crippen molar-refractivity contribution in [2.75, 3.05) is 11.8 Å². The average molecular weight is 464 g/mol. The van der Waals surface area contributed by atoms with Crippen molar-refractivity contribution in [1.29, 1.82) is 0 Å². The van der Waals surface area contributed by atoms with Gasteiger partial charge in [0.15, 0.2) is 5.76 Å². The van der Waals surface area contributed by atoms with Crippen LogP contribution in [0.2, 0.25) is 0 Å². The highest BCUT2D eigenvalue weighted by molar-refractivity contribution is 7.92. The van der Waals surface area contributed by atoms with E-state index < -0.39 is 15.9 Å². The molecule has 1 aromatic heterocycles. The molecule has 0 spiro atoms. The third-order valence-corrected chi connectivity index (χ3v) is 6.23. The van der Waals surface area contributed by atoms with Crippen molar-refractivity contribution >= 4 is 38.3 Å². The van der Waals surface area contributed by atoms with Crippen LogP contribution in [0.1, 0.15) is 23.0 Å². The third-order valence-electron chi connectivity index (χ3n) is 4.87. The summed E-state index contributed by atoms with van der Waals surface area (Å²) in [7, 11) is -2.50. The van der Waals surface area contributed by atoms with E-state index in [1.165, 1.54) is 31.4 Å². The number of rotatable bonds is 7. The van der Waals surface area contributed by atoms with Gasteiger partial charge >= 0.3 is 0 Å². The first-order chi connectivity index (χ1) is 15.9. The summed E-state index contributed by atoms with van der Waals surface area (Å²) in [6.07, 6.45) is 0. The molecule has 2 N–H and O–H groups in total. The number of fused-ring (bicyclic) bond motifs is 1. The van der Waals surface area contributed by atoms with Crippen molar-refractivity contribution in [3.8, 4) is 5.75 Å². The molecule has 0 saturated heterocycles. The Bertz CT molecular complexity index is 1420. The van der Waals surface area contributed by atoms with Crippen LogP contribution in [0, 0.1) is 0 Å². The zero-order chi connectivity index (χ0) is 23.4. The van der Waals surface area contributed by atoms with Gasteiger partial charge in [0, 0.05) is 10.9 Å². The van der Waals surface area contributed by atoms with Gasteiger partial charge in [-0.05, 0) is 49.4 Å². The number of ether oxygens (including phenoxy) is 1. The molecule has 168 valence electrons. The van der Waals surface area contributed by atoms with E-state index in [0.717, 1.165) is 5.39 Å². The molecule has 4 aromatic rings. The van der Waals surface area contributed by atoms with Gasteiger partial charge < -0.3 is 9.15 Å². The van der Waals surface area contributed by atoms with E-state index in [9.17, 15) is 13.2 Å². The van der Waals surface area contributed by atoms with Crippen molar-refractivity contribution in [2.24, 2.45) is 5.10 Å². The topological polar surface area (TPSA) is 110 Å². The SMILES string of the molecule is COc1ccccc1NS(=O)(=O)c1cccc(C(=O)N/N=C(/C)c2cc3ccccc3o2)c1. The van der Waals surface area contributed by atoms with Gasteiger partial charge in [-0.15, -0.1) is 0 Å². The number of carbonyl (C=O) groups excluding carboxylic acids is 1. The molecular formula is C24H21N3O5S. The number of hydrogen-bond acceptors (Lipinski definition) is 6. The number of furan rings is 1. The lowest BCUT2D eigenvalue weighted by molar-refractivity contribution is 0.0954. The molecule has 0 aliphatic carbocycles. The molecule has 9 heteroatoms. The molecule has 1 amide bonds. The summed E-state index contributed by atoms with van der Waals surface area (Å²) in [5.41, 5.74) is 4.06. The van der Waals surface area contributed by atoms with Crippen molar-refractivity contribution in [3.63, 3.8) is 0 Å². The van der Waals surface area contributed by atoms with Gasteiger partial charge in [0.2, 0.25) is 0 Å². The summed E-state index contributed by atoms with van der Waals surface area (Å²) in [4.78, 5) is 12.5. The molecular weight excluding hydrogens is 442 g/mol. The van der Waals surface area contributed by atoms with Crippen LogP contribution in [-0.4, -0.2) is 27.1 Å². The Labute approximate surface area is 190 Å². The Morgan fingerprint density at radius 3 is 2.52 bits per heavy atom. The number of benzene rings is 3. The van der Waals surface area contributed by atoms with E-state index in [1.807, 2.05) is 30.3 Å². The number of amides is 1. The lowest BCUT2D eigenvalue weighted by Gasteiger charge is -2.12. The van der Waals surface area contributed by atoms with E-state index >= 15 is 0 Å². The van der Waals surface area contributed by atoms with Gasteiger partial charge in [-0.25, -0.2) is 13.8 Å². The third kappa shape index (κ3) is 4.88. The largest absolute Gasteiger partial charge is 0.495 e. The van der Waals surface area contributed by atoms with Gasteiger partial charge in [0.25, 0.3) is 15.9 Å². The van der Waals surface area contributed by atoms with Gasteiger partial charge in [0.05, 0.1) is 17.7 Å². The second kappa shape index (κ2) is 9.17. The molecule has 0 fully saturated rings. The second-order valence-electron chi connectivity index (χ2n) is 7.12. The molecule has 4 rings (SSSR count). The number of para-hydroxylation sites is 3. The molecule has 0 unspecified atom stereocenters. The number of methoxy groups -OCH3 is 1. The van der Waals surface area contributed by atoms with Crippen LogP contribution in [0.25, 0.3) is 11.0 Å². The Hall–Kier alpha value is -4.11. The molecule has 0 aliphatic heterocycles. The van der Waals surface area contributed by atoms with Crippen LogP contribution >= 0.6 is 0 Å². The van der Waals surface area contributed by atoms with E-state index in [-0.39, 0.29) is 10.5 Å². The van der Waals surface area contributed by atoms with Crippen molar-refractivity contribution in [2.45, 2.75) is 11.8 Å². The van der Waals surface area contributed by atoms with Crippen molar-refractivity contribution in [3.05, 3.63) is 90.2 Å². The highest BCUT2D eigenvalue weighted by Crippen LogP contribution is 2.26. The minimum Gasteiger partial charge on any atom is -0.495 e. The Morgan fingerprint density at radius 2 is 1.73 bits per heavy atom. The average Bonchev–Trinajstić information content (AvgIpc) is 3.27. The van der Waals surface area contributed by atoms with Gasteiger partial charge in [-0.3, -0.25) is 9.52 Å². The Kier molecular flexibility index (Phi) is 6.14. The predicted octanol–water partition coefficient (Wildman–Crippen LogP) is 4.40. The zero-order valence-electron chi connectivity index (χ0n) is 17.9. The fourth-order valence-corrected chi connectivity index (χ4v) is 4.27. The first-order valence-electron chi connectivity index (χ1n) is 9.97. The molecule has 8 nitrogen and oxygen atoms in total. The molecule has 0 aliphatic rings. The number of carbonyl (C=O) groups is 1. The Morgan fingerprint density at radius 1 is 0.970 bits per heavy atom. The highest BCUT2D eigenvalue weighted by Gasteiger charge is 2.18. The van der Waals surface area contributed by atoms with E-state index in [2.05, 4.69) is 15.2 Å². The summed E-state index contributed by atoms with van der Waals surface area (Å²) in [6, 6.07) is 21.7. The van der Waals surface area contributed by atoms with E-state index in [0.29, 0.717) is 28.5 Å². The molecule has 3 aromatic carbocycles. The molecule has 0 saturated carbocycles. The van der Waals surface area contributed by atoms with Gasteiger partial charge in [-0.1, -0.05) is 36.4 Å². The fourth-order valence-electron chi connectivity index (χ4n) is 3.15. The molecule has 0 radical (unpaired) electrons. The maximum Gasteiger partial charge on any atom is 0.271 e. The van der Waals surface area contributed by atoms with Crippen molar-refractivity contribution in [1.82, 2.24) is 5.43 Å². The molecule has 1 heterocycles. The lowest BCUT2D eigenvalue weighted by Crippen LogP contribution is -2.20. The number of hydrazone groups is 1. The Balaban J connectivity index is 1.51. The standard InChI is InChI=1S/C24H21N3O5S/c1-16(23-15-17-8-3-5-12-21(17)32-23)25-26-24(28)18-9-7-10-19(14-18)33(29,30)27-20-11-4-6-13-22(20)31-2/h3-15,27H,1-2H3,(H,26,28)/b25-16-. The van der Waals surface area contributed by atoms with Gasteiger partial charge in [-0.2, -0.15) is 5.10 Å². The molecule has 0 atom stereocenters. The summed E-state index contributed by atoms with van der Waals surface area (Å²) in [5, 5.41) is 5.01. The first-order valence-corrected chi connectivity index (χ1v) is 11.5. The normalized spacial score (nSPS) is 11.9. The minimum atomic E-state index is -3.95. The lowest BCUT2D eigenvalue weighted by atomic mass is 10.2. The van der Waals surface area contributed by atoms with Crippen LogP contribution in [0.15, 0.2) is 93.3 Å². The predicted molar refractivity (Wildman–Crippen MR) is 126 cm³/mol. The number of nitrogens with zero attached hydrogens (tertiary/aromatic N) is 1. The molecule has 0 bridgehead atoms. The summed E-state index contributed by atoms with van der Waals surface area (Å²) in [6.45, 7) is 1.70. The number of anilines is 1. The van der Waals surface area contributed by atoms with E-state index in [1.54, 1.807) is 31.2 Å². The summed E-state index contributed by atoms with van der Waals surface area (Å²) >= 11 is 0. The highest BCUT2D eigenvalue weighted by atomic mass is 32.2. The maximum absolute atomic E-state index is 12.8. The summed E-state index contributed by atoms with van der Waals surface area (Å²) < 4.78 is 39.1. The smallest absolute Gasteiger partial charge is 0.271 e. The quantitative estimate of drug-likeness (QED) is 0.312. The summed E-state index contributed by atoms with van der Waals surface area (Å²) in [5.74, 6) is 0.346. The maximum atomic E-state index is 12.8. The zero-order valence-corrected chi connectivity index (χ0v) is 18.7. The fraction of sp³-hybridized carbons (Fsp3) is 0.0833. The van der Waals surface area contributed by atoms with Crippen LogP contribution < -0.4 is 14.9 Å². The second-order valence-corrected chi connectivity index (χ2v) is 8.80. The monoisotopic (exact) mass is 463 g/mol. The van der Waals surface area contributed by atoms with Crippen LogP contribution in [0.3, 0.4) is 0 Å². The van der Waals surface area contributed by atoms with Crippen molar-refractivity contribution < 1.29 is 22.4 Å². The number of nitrogens with one attached hydrogen (secondary N) is 2. The van der Waals surface area contributed by atoms with Crippen LogP contribution in [0.4, 0.5) is 5.69 Å². The number of sulfonamides is 1. The molecule has 33 heavy (non-hydrogen) atoms. The van der Waals surface area contributed by atoms with Crippen LogP contribution in [-0.2, 0) is 10.0 Å². The van der Waals surface area contributed by atoms with E-state index in [4.69, 9.17) is 9.15 Å². The minimum absolute atomic E-state index is 0.0703. The first kappa shape index (κ1) is 22.1. The number of hydrogen-bond donors (Lipinski definition) is 2.